The minimum Gasteiger partial charge on any atom is -0.457 e. The van der Waals surface area contributed by atoms with Crippen molar-refractivity contribution >= 4 is 38.6 Å². The number of nitrogens with one attached hydrogen (secondary N) is 1. The van der Waals surface area contributed by atoms with Crippen LogP contribution in [0.1, 0.15) is 11.6 Å². The molecule has 0 fully saturated rings. The Morgan fingerprint density at radius 1 is 1.08 bits per heavy atom. The first kappa shape index (κ1) is 15.4. The molecule has 0 saturated carbocycles. The van der Waals surface area contributed by atoms with Gasteiger partial charge in [-0.05, 0) is 36.4 Å². The van der Waals surface area contributed by atoms with Gasteiger partial charge in [-0.25, -0.2) is 4.98 Å². The second kappa shape index (κ2) is 6.42. The van der Waals surface area contributed by atoms with Crippen LogP contribution in [0.4, 0.5) is 0 Å². The summed E-state index contributed by atoms with van der Waals surface area (Å²) in [5.74, 6) is 1.89. The second-order valence-electron chi connectivity index (χ2n) is 5.48. The summed E-state index contributed by atoms with van der Waals surface area (Å²) in [5.41, 5.74) is 3.13. The van der Waals surface area contributed by atoms with E-state index in [0.717, 1.165) is 26.8 Å². The normalized spacial score (nSPS) is 11.6. The van der Waals surface area contributed by atoms with Crippen molar-refractivity contribution in [3.63, 3.8) is 0 Å². The molecule has 0 spiro atoms. The number of halogens is 1. The average molecular weight is 390 g/mol. The topological polar surface area (TPSA) is 65.6 Å². The molecule has 4 rings (SSSR count). The highest BCUT2D eigenvalue weighted by atomic mass is 79.9. The molecule has 2 aromatic heterocycles. The number of imidazole rings is 1. The molecular weight excluding hydrogens is 378 g/mol. The van der Waals surface area contributed by atoms with Gasteiger partial charge in [0.1, 0.15) is 23.4 Å². The summed E-state index contributed by atoms with van der Waals surface area (Å²) in [4.78, 5) is 7.62. The number of benzene rings is 2. The fourth-order valence-corrected chi connectivity index (χ4v) is 2.84. The number of para-hydroxylation sites is 2. The van der Waals surface area contributed by atoms with Crippen LogP contribution in [0.2, 0.25) is 0 Å². The van der Waals surface area contributed by atoms with Crippen LogP contribution >= 0.6 is 15.9 Å². The molecule has 0 aliphatic heterocycles. The van der Waals surface area contributed by atoms with E-state index in [1.807, 2.05) is 60.7 Å². The quantitative estimate of drug-likeness (QED) is 0.460. The first-order chi connectivity index (χ1) is 12.2. The Labute approximate surface area is 152 Å². The number of aromatic amines is 1. The lowest BCUT2D eigenvalue weighted by Crippen LogP contribution is -1.84. The van der Waals surface area contributed by atoms with E-state index in [0.29, 0.717) is 17.2 Å². The van der Waals surface area contributed by atoms with Crippen molar-refractivity contribution in [3.05, 3.63) is 76.7 Å². The van der Waals surface area contributed by atoms with Crippen LogP contribution in [0, 0.1) is 11.3 Å². The molecule has 0 unspecified atom stereocenters. The lowest BCUT2D eigenvalue weighted by atomic mass is 10.2. The lowest BCUT2D eigenvalue weighted by molar-refractivity contribution is 0.572. The Morgan fingerprint density at radius 3 is 2.64 bits per heavy atom. The van der Waals surface area contributed by atoms with E-state index in [-0.39, 0.29) is 0 Å². The van der Waals surface area contributed by atoms with E-state index >= 15 is 0 Å². The first-order valence-electron chi connectivity index (χ1n) is 7.65. The SMILES string of the molecule is N#CC(=Cc1ccc(-c2ccc(Br)cc2)o1)c1nc2ccccc2[nH]1. The largest absolute Gasteiger partial charge is 0.457 e. The van der Waals surface area contributed by atoms with Crippen LogP contribution in [-0.2, 0) is 0 Å². The van der Waals surface area contributed by atoms with Gasteiger partial charge in [0.2, 0.25) is 0 Å². The molecule has 0 radical (unpaired) electrons. The molecule has 0 aliphatic carbocycles. The molecule has 2 heterocycles. The minimum atomic E-state index is 0.424. The summed E-state index contributed by atoms with van der Waals surface area (Å²) in [5, 5.41) is 9.50. The third-order valence-corrected chi connectivity index (χ3v) is 4.34. The van der Waals surface area contributed by atoms with Crippen LogP contribution in [0.25, 0.3) is 34.0 Å². The predicted octanol–water partition coefficient (Wildman–Crippen LogP) is 5.65. The van der Waals surface area contributed by atoms with Gasteiger partial charge >= 0.3 is 0 Å². The Kier molecular flexibility index (Phi) is 3.96. The minimum absolute atomic E-state index is 0.424. The summed E-state index contributed by atoms with van der Waals surface area (Å²) in [7, 11) is 0. The Balaban J connectivity index is 1.69. The summed E-state index contributed by atoms with van der Waals surface area (Å²) in [6.45, 7) is 0. The summed E-state index contributed by atoms with van der Waals surface area (Å²) >= 11 is 3.42. The Bertz CT molecular complexity index is 1080. The van der Waals surface area contributed by atoms with Crippen molar-refractivity contribution in [1.82, 2.24) is 9.97 Å². The van der Waals surface area contributed by atoms with Crippen molar-refractivity contribution in [2.24, 2.45) is 0 Å². The molecular formula is C20H12BrN3O. The van der Waals surface area contributed by atoms with Crippen molar-refractivity contribution in [2.45, 2.75) is 0 Å². The fourth-order valence-electron chi connectivity index (χ4n) is 2.58. The molecule has 0 amide bonds. The van der Waals surface area contributed by atoms with Crippen LogP contribution in [0.3, 0.4) is 0 Å². The summed E-state index contributed by atoms with van der Waals surface area (Å²) in [6.07, 6.45) is 1.69. The number of aromatic nitrogens is 2. The van der Waals surface area contributed by atoms with Crippen molar-refractivity contribution in [3.8, 4) is 17.4 Å². The van der Waals surface area contributed by atoms with Crippen LogP contribution < -0.4 is 0 Å². The number of furan rings is 1. The third kappa shape index (κ3) is 3.12. The van der Waals surface area contributed by atoms with Gasteiger partial charge in [-0.2, -0.15) is 5.26 Å². The molecule has 0 aliphatic rings. The Hall–Kier alpha value is -3.10. The molecule has 0 bridgehead atoms. The van der Waals surface area contributed by atoms with E-state index < -0.39 is 0 Å². The van der Waals surface area contributed by atoms with E-state index in [2.05, 4.69) is 32.0 Å². The number of hydrogen-bond donors (Lipinski definition) is 1. The van der Waals surface area contributed by atoms with E-state index in [1.54, 1.807) is 6.08 Å². The standard InChI is InChI=1S/C20H12BrN3O/c21-15-7-5-13(6-8-15)19-10-9-16(25-19)11-14(12-22)20-23-17-3-1-2-4-18(17)24-20/h1-11H,(H,23,24). The van der Waals surface area contributed by atoms with Crippen LogP contribution in [0.5, 0.6) is 0 Å². The molecule has 0 saturated heterocycles. The molecule has 2 aromatic carbocycles. The smallest absolute Gasteiger partial charge is 0.149 e. The third-order valence-electron chi connectivity index (χ3n) is 3.81. The molecule has 4 aromatic rings. The van der Waals surface area contributed by atoms with Crippen LogP contribution in [-0.4, -0.2) is 9.97 Å². The number of H-pyrrole nitrogens is 1. The average Bonchev–Trinajstić information content (AvgIpc) is 3.27. The molecule has 25 heavy (non-hydrogen) atoms. The van der Waals surface area contributed by atoms with Gasteiger partial charge < -0.3 is 9.40 Å². The van der Waals surface area contributed by atoms with Gasteiger partial charge in [-0.15, -0.1) is 0 Å². The summed E-state index contributed by atoms with van der Waals surface area (Å²) < 4.78 is 6.87. The number of fused-ring (bicyclic) bond motifs is 1. The molecule has 4 nitrogen and oxygen atoms in total. The first-order valence-corrected chi connectivity index (χ1v) is 8.45. The van der Waals surface area contributed by atoms with Gasteiger partial charge in [0, 0.05) is 16.1 Å². The van der Waals surface area contributed by atoms with Gasteiger partial charge in [0.15, 0.2) is 0 Å². The van der Waals surface area contributed by atoms with Crippen molar-refractivity contribution < 1.29 is 4.42 Å². The number of hydrogen-bond acceptors (Lipinski definition) is 3. The zero-order chi connectivity index (χ0) is 17.2. The maximum Gasteiger partial charge on any atom is 0.149 e. The fraction of sp³-hybridized carbons (Fsp3) is 0. The van der Waals surface area contributed by atoms with Gasteiger partial charge in [-0.1, -0.05) is 40.2 Å². The summed E-state index contributed by atoms with van der Waals surface area (Å²) in [6, 6.07) is 21.5. The molecule has 1 N–H and O–H groups in total. The van der Waals surface area contributed by atoms with Gasteiger partial charge in [-0.3, -0.25) is 0 Å². The second-order valence-corrected chi connectivity index (χ2v) is 6.40. The van der Waals surface area contributed by atoms with E-state index in [1.165, 1.54) is 0 Å². The molecule has 0 atom stereocenters. The van der Waals surface area contributed by atoms with E-state index in [9.17, 15) is 5.26 Å². The van der Waals surface area contributed by atoms with Gasteiger partial charge in [0.25, 0.3) is 0 Å². The maximum absolute atomic E-state index is 9.50. The van der Waals surface area contributed by atoms with Gasteiger partial charge in [0.05, 0.1) is 16.6 Å². The lowest BCUT2D eigenvalue weighted by Gasteiger charge is -1.97. The number of allylic oxidation sites excluding steroid dienone is 1. The Morgan fingerprint density at radius 2 is 1.88 bits per heavy atom. The van der Waals surface area contributed by atoms with Crippen LogP contribution in [0.15, 0.2) is 69.6 Å². The van der Waals surface area contributed by atoms with Crippen molar-refractivity contribution in [1.29, 1.82) is 5.26 Å². The zero-order valence-electron chi connectivity index (χ0n) is 13.0. The number of nitriles is 1. The molecule has 5 heteroatoms. The number of nitrogens with zero attached hydrogens (tertiary/aromatic N) is 2. The monoisotopic (exact) mass is 389 g/mol. The molecule has 120 valence electrons. The highest BCUT2D eigenvalue weighted by Gasteiger charge is 2.10. The predicted molar refractivity (Wildman–Crippen MR) is 101 cm³/mol. The van der Waals surface area contributed by atoms with Crippen molar-refractivity contribution in [2.75, 3.05) is 0 Å². The zero-order valence-corrected chi connectivity index (χ0v) is 14.6. The number of rotatable bonds is 3. The highest BCUT2D eigenvalue weighted by molar-refractivity contribution is 9.10. The van der Waals surface area contributed by atoms with E-state index in [4.69, 9.17) is 4.42 Å². The highest BCUT2D eigenvalue weighted by Crippen LogP contribution is 2.26. The maximum atomic E-state index is 9.50.